The van der Waals surface area contributed by atoms with Crippen molar-refractivity contribution in [2.24, 2.45) is 5.73 Å². The number of nitrogens with two attached hydrogens (primary N) is 1. The number of aromatic nitrogens is 1. The first-order chi connectivity index (χ1) is 8.62. The molecule has 3 N–H and O–H groups in total. The zero-order valence-corrected chi connectivity index (χ0v) is 10.4. The van der Waals surface area contributed by atoms with Gasteiger partial charge < -0.3 is 5.73 Å². The lowest BCUT2D eigenvalue weighted by molar-refractivity contribution is 0.601. The predicted molar refractivity (Wildman–Crippen MR) is 69.4 cm³/mol. The van der Waals surface area contributed by atoms with Crippen molar-refractivity contribution in [3.8, 4) is 0 Å². The van der Waals surface area contributed by atoms with Crippen molar-refractivity contribution in [2.45, 2.75) is 11.4 Å². The SMILES string of the molecule is NCc1ccc(S(=O)(=O)Nc2ccccn2)cc1. The van der Waals surface area contributed by atoms with E-state index in [1.165, 1.54) is 18.3 Å². The van der Waals surface area contributed by atoms with Gasteiger partial charge in [0.1, 0.15) is 5.82 Å². The van der Waals surface area contributed by atoms with Crippen molar-refractivity contribution < 1.29 is 8.42 Å². The van der Waals surface area contributed by atoms with E-state index in [1.54, 1.807) is 30.3 Å². The Bertz CT molecular complexity index is 610. The maximum absolute atomic E-state index is 12.0. The van der Waals surface area contributed by atoms with Crippen LogP contribution in [-0.2, 0) is 16.6 Å². The summed E-state index contributed by atoms with van der Waals surface area (Å²) in [5, 5.41) is 0. The Balaban J connectivity index is 2.25. The van der Waals surface area contributed by atoms with Crippen LogP contribution < -0.4 is 10.5 Å². The lowest BCUT2D eigenvalue weighted by Crippen LogP contribution is -2.13. The fraction of sp³-hybridized carbons (Fsp3) is 0.0833. The molecule has 0 radical (unpaired) electrons. The van der Waals surface area contributed by atoms with Gasteiger partial charge in [-0.3, -0.25) is 4.72 Å². The van der Waals surface area contributed by atoms with Crippen LogP contribution in [0.3, 0.4) is 0 Å². The van der Waals surface area contributed by atoms with Crippen molar-refractivity contribution in [1.29, 1.82) is 0 Å². The molecular formula is C12H13N3O2S. The van der Waals surface area contributed by atoms with Crippen molar-refractivity contribution in [2.75, 3.05) is 4.72 Å². The lowest BCUT2D eigenvalue weighted by Gasteiger charge is -2.07. The van der Waals surface area contributed by atoms with Gasteiger partial charge in [0.25, 0.3) is 10.0 Å². The van der Waals surface area contributed by atoms with Crippen molar-refractivity contribution in [3.63, 3.8) is 0 Å². The Kier molecular flexibility index (Phi) is 3.59. The number of benzene rings is 1. The average Bonchev–Trinajstić information content (AvgIpc) is 2.39. The molecule has 18 heavy (non-hydrogen) atoms. The monoisotopic (exact) mass is 263 g/mol. The number of rotatable bonds is 4. The van der Waals surface area contributed by atoms with E-state index in [2.05, 4.69) is 9.71 Å². The molecule has 0 saturated heterocycles. The third-order valence-corrected chi connectivity index (χ3v) is 3.74. The van der Waals surface area contributed by atoms with Gasteiger partial charge in [-0.25, -0.2) is 13.4 Å². The first-order valence-electron chi connectivity index (χ1n) is 5.35. The number of hydrogen-bond acceptors (Lipinski definition) is 4. The van der Waals surface area contributed by atoms with E-state index >= 15 is 0 Å². The maximum atomic E-state index is 12.0. The summed E-state index contributed by atoms with van der Waals surface area (Å²) in [6.45, 7) is 0.383. The minimum absolute atomic E-state index is 0.186. The molecule has 0 amide bonds. The molecule has 0 aliphatic rings. The Hall–Kier alpha value is -1.92. The standard InChI is InChI=1S/C12H13N3O2S/c13-9-10-4-6-11(7-5-10)18(16,17)15-12-3-1-2-8-14-12/h1-8H,9,13H2,(H,14,15). The second-order valence-electron chi connectivity index (χ2n) is 3.67. The largest absolute Gasteiger partial charge is 0.326 e. The van der Waals surface area contributed by atoms with E-state index in [4.69, 9.17) is 5.73 Å². The van der Waals surface area contributed by atoms with Gasteiger partial charge in [0.15, 0.2) is 0 Å². The quantitative estimate of drug-likeness (QED) is 0.871. The molecule has 0 aliphatic carbocycles. The zero-order valence-electron chi connectivity index (χ0n) is 9.58. The summed E-state index contributed by atoms with van der Waals surface area (Å²) in [6.07, 6.45) is 1.52. The van der Waals surface area contributed by atoms with E-state index in [0.29, 0.717) is 12.4 Å². The van der Waals surface area contributed by atoms with Crippen LogP contribution >= 0.6 is 0 Å². The van der Waals surface area contributed by atoms with Gasteiger partial charge in [0.05, 0.1) is 4.90 Å². The molecule has 94 valence electrons. The Morgan fingerprint density at radius 3 is 2.39 bits per heavy atom. The molecule has 1 heterocycles. The summed E-state index contributed by atoms with van der Waals surface area (Å²) in [5.74, 6) is 0.292. The summed E-state index contributed by atoms with van der Waals surface area (Å²) >= 11 is 0. The highest BCUT2D eigenvalue weighted by Gasteiger charge is 2.14. The minimum Gasteiger partial charge on any atom is -0.326 e. The number of pyridine rings is 1. The van der Waals surface area contributed by atoms with Gasteiger partial charge in [-0.2, -0.15) is 0 Å². The van der Waals surface area contributed by atoms with Gasteiger partial charge in [-0.1, -0.05) is 18.2 Å². The fourth-order valence-electron chi connectivity index (χ4n) is 1.42. The molecule has 1 aromatic carbocycles. The Labute approximate surface area is 106 Å². The van der Waals surface area contributed by atoms with Crippen LogP contribution in [0.1, 0.15) is 5.56 Å². The van der Waals surface area contributed by atoms with Crippen LogP contribution in [-0.4, -0.2) is 13.4 Å². The molecular weight excluding hydrogens is 250 g/mol. The van der Waals surface area contributed by atoms with Crippen LogP contribution in [0.2, 0.25) is 0 Å². The van der Waals surface area contributed by atoms with Crippen LogP contribution in [0.25, 0.3) is 0 Å². The number of nitrogens with one attached hydrogen (secondary N) is 1. The van der Waals surface area contributed by atoms with E-state index in [9.17, 15) is 8.42 Å². The highest BCUT2D eigenvalue weighted by molar-refractivity contribution is 7.92. The Morgan fingerprint density at radius 2 is 1.83 bits per heavy atom. The molecule has 0 bridgehead atoms. The molecule has 0 unspecified atom stereocenters. The van der Waals surface area contributed by atoms with Gasteiger partial charge in [0.2, 0.25) is 0 Å². The minimum atomic E-state index is -3.59. The second kappa shape index (κ2) is 5.16. The fourth-order valence-corrected chi connectivity index (χ4v) is 2.43. The second-order valence-corrected chi connectivity index (χ2v) is 5.35. The highest BCUT2D eigenvalue weighted by Crippen LogP contribution is 2.14. The van der Waals surface area contributed by atoms with Crippen molar-refractivity contribution in [1.82, 2.24) is 4.98 Å². The summed E-state index contributed by atoms with van der Waals surface area (Å²) < 4.78 is 26.4. The molecule has 0 aliphatic heterocycles. The average molecular weight is 263 g/mol. The van der Waals surface area contributed by atoms with Gasteiger partial charge in [-0.15, -0.1) is 0 Å². The molecule has 1 aromatic heterocycles. The normalized spacial score (nSPS) is 11.2. The number of hydrogen-bond donors (Lipinski definition) is 2. The lowest BCUT2D eigenvalue weighted by atomic mass is 10.2. The van der Waals surface area contributed by atoms with Gasteiger partial charge >= 0.3 is 0 Å². The smallest absolute Gasteiger partial charge is 0.263 e. The van der Waals surface area contributed by atoms with Gasteiger partial charge in [0, 0.05) is 12.7 Å². The molecule has 5 nitrogen and oxygen atoms in total. The van der Waals surface area contributed by atoms with Crippen LogP contribution in [0.4, 0.5) is 5.82 Å². The number of anilines is 1. The molecule has 0 atom stereocenters. The number of nitrogens with zero attached hydrogens (tertiary/aromatic N) is 1. The summed E-state index contributed by atoms with van der Waals surface area (Å²) in [4.78, 5) is 4.10. The first-order valence-corrected chi connectivity index (χ1v) is 6.83. The first kappa shape index (κ1) is 12.5. The predicted octanol–water partition coefficient (Wildman–Crippen LogP) is 1.34. The van der Waals surface area contributed by atoms with Crippen LogP contribution in [0.5, 0.6) is 0 Å². The van der Waals surface area contributed by atoms with Crippen LogP contribution in [0.15, 0.2) is 53.6 Å². The topological polar surface area (TPSA) is 85.1 Å². The Morgan fingerprint density at radius 1 is 1.11 bits per heavy atom. The molecule has 0 spiro atoms. The molecule has 2 aromatic rings. The van der Waals surface area contributed by atoms with E-state index in [0.717, 1.165) is 5.56 Å². The van der Waals surface area contributed by atoms with Gasteiger partial charge in [-0.05, 0) is 29.8 Å². The highest BCUT2D eigenvalue weighted by atomic mass is 32.2. The molecule has 0 saturated carbocycles. The van der Waals surface area contributed by atoms with E-state index < -0.39 is 10.0 Å². The third kappa shape index (κ3) is 2.85. The summed E-state index contributed by atoms with van der Waals surface area (Å²) in [5.41, 5.74) is 6.34. The summed E-state index contributed by atoms with van der Waals surface area (Å²) in [6, 6.07) is 11.4. The van der Waals surface area contributed by atoms with E-state index in [1.807, 2.05) is 0 Å². The van der Waals surface area contributed by atoms with E-state index in [-0.39, 0.29) is 4.90 Å². The molecule has 0 fully saturated rings. The molecule has 2 rings (SSSR count). The van der Waals surface area contributed by atoms with Crippen LogP contribution in [0, 0.1) is 0 Å². The maximum Gasteiger partial charge on any atom is 0.263 e. The zero-order chi connectivity index (χ0) is 13.0. The summed E-state index contributed by atoms with van der Waals surface area (Å²) in [7, 11) is -3.59. The van der Waals surface area contributed by atoms with Crippen molar-refractivity contribution in [3.05, 3.63) is 54.2 Å². The third-order valence-electron chi connectivity index (χ3n) is 2.37. The number of sulfonamides is 1. The van der Waals surface area contributed by atoms with Crippen molar-refractivity contribution >= 4 is 15.8 Å². The molecule has 6 heteroatoms.